The van der Waals surface area contributed by atoms with Crippen LogP contribution in [0.25, 0.3) is 0 Å². The molecule has 1 fully saturated rings. The number of anilines is 1. The number of halogens is 2. The number of hydrogen-bond donors (Lipinski definition) is 2. The van der Waals surface area contributed by atoms with E-state index < -0.39 is 30.1 Å². The van der Waals surface area contributed by atoms with Crippen LogP contribution in [-0.2, 0) is 17.6 Å². The molecular formula is C19H28F2N4O2. The molecule has 2 aliphatic rings. The highest BCUT2D eigenvalue weighted by molar-refractivity contribution is 5.68. The van der Waals surface area contributed by atoms with Gasteiger partial charge in [-0.25, -0.2) is 18.6 Å². The summed E-state index contributed by atoms with van der Waals surface area (Å²) >= 11 is 0. The van der Waals surface area contributed by atoms with E-state index in [9.17, 15) is 13.6 Å². The molecule has 8 heteroatoms. The molecule has 1 aromatic rings. The molecule has 1 amide bonds. The summed E-state index contributed by atoms with van der Waals surface area (Å²) in [4.78, 5) is 18.5. The minimum atomic E-state index is -2.54. The molecule has 0 radical (unpaired) electrons. The van der Waals surface area contributed by atoms with Crippen molar-refractivity contribution in [3.05, 3.63) is 23.4 Å². The lowest BCUT2D eigenvalue weighted by Crippen LogP contribution is -2.44. The Morgan fingerprint density at radius 2 is 2.11 bits per heavy atom. The van der Waals surface area contributed by atoms with E-state index in [2.05, 4.69) is 10.3 Å². The van der Waals surface area contributed by atoms with E-state index in [0.717, 1.165) is 30.5 Å². The lowest BCUT2D eigenvalue weighted by atomic mass is 9.92. The van der Waals surface area contributed by atoms with Gasteiger partial charge in [0.05, 0.1) is 12.0 Å². The summed E-state index contributed by atoms with van der Waals surface area (Å²) < 4.78 is 32.3. The van der Waals surface area contributed by atoms with Crippen molar-refractivity contribution >= 4 is 11.9 Å². The van der Waals surface area contributed by atoms with Crippen molar-refractivity contribution in [3.8, 4) is 0 Å². The topological polar surface area (TPSA) is 80.5 Å². The second kappa shape index (κ2) is 7.58. The molecule has 0 saturated carbocycles. The van der Waals surface area contributed by atoms with E-state index in [1.807, 2.05) is 17.0 Å². The maximum atomic E-state index is 13.5. The van der Waals surface area contributed by atoms with Crippen LogP contribution in [0.4, 0.5) is 19.4 Å². The molecule has 0 unspecified atom stereocenters. The van der Waals surface area contributed by atoms with Gasteiger partial charge in [0.2, 0.25) is 6.43 Å². The Kier molecular flexibility index (Phi) is 5.55. The molecule has 3 atom stereocenters. The molecule has 150 valence electrons. The smallest absolute Gasteiger partial charge is 0.407 e. The van der Waals surface area contributed by atoms with Crippen molar-refractivity contribution in [1.82, 2.24) is 10.3 Å². The van der Waals surface area contributed by atoms with Crippen LogP contribution in [0, 0.1) is 5.92 Å². The summed E-state index contributed by atoms with van der Waals surface area (Å²) in [5.41, 5.74) is 7.44. The van der Waals surface area contributed by atoms with E-state index in [1.165, 1.54) is 0 Å². The zero-order valence-corrected chi connectivity index (χ0v) is 16.0. The molecule has 3 rings (SSSR count). The fraction of sp³-hybridized carbons (Fsp3) is 0.684. The number of fused-ring (bicyclic) bond motifs is 1. The van der Waals surface area contributed by atoms with Gasteiger partial charge in [0.25, 0.3) is 0 Å². The lowest BCUT2D eigenvalue weighted by molar-refractivity contribution is 0.0410. The average molecular weight is 382 g/mol. The highest BCUT2D eigenvalue weighted by Crippen LogP contribution is 2.29. The summed E-state index contributed by atoms with van der Waals surface area (Å²) in [6.07, 6.45) is -0.731. The first kappa shape index (κ1) is 19.8. The number of alkyl carbamates (subject to hydrolysis) is 1. The van der Waals surface area contributed by atoms with Crippen LogP contribution < -0.4 is 16.0 Å². The zero-order valence-electron chi connectivity index (χ0n) is 16.0. The first-order valence-corrected chi connectivity index (χ1v) is 9.39. The van der Waals surface area contributed by atoms with Crippen molar-refractivity contribution in [3.63, 3.8) is 0 Å². The summed E-state index contributed by atoms with van der Waals surface area (Å²) in [6, 6.07) is 3.31. The van der Waals surface area contributed by atoms with Crippen molar-refractivity contribution in [2.45, 2.75) is 64.1 Å². The van der Waals surface area contributed by atoms with E-state index in [0.29, 0.717) is 5.82 Å². The Morgan fingerprint density at radius 1 is 1.37 bits per heavy atom. The van der Waals surface area contributed by atoms with Gasteiger partial charge in [-0.2, -0.15) is 0 Å². The third kappa shape index (κ3) is 4.86. The first-order valence-electron chi connectivity index (χ1n) is 9.39. The molecule has 1 aromatic heterocycles. The predicted molar refractivity (Wildman–Crippen MR) is 99.1 cm³/mol. The van der Waals surface area contributed by atoms with Crippen LogP contribution in [0.2, 0.25) is 0 Å². The van der Waals surface area contributed by atoms with E-state index in [4.69, 9.17) is 10.5 Å². The number of aryl methyl sites for hydroxylation is 1. The Balaban J connectivity index is 1.72. The van der Waals surface area contributed by atoms with Gasteiger partial charge in [-0.15, -0.1) is 0 Å². The van der Waals surface area contributed by atoms with Crippen LogP contribution in [0.1, 0.15) is 38.4 Å². The summed E-state index contributed by atoms with van der Waals surface area (Å²) in [5.74, 6) is -0.299. The Morgan fingerprint density at radius 3 is 2.78 bits per heavy atom. The van der Waals surface area contributed by atoms with Crippen LogP contribution >= 0.6 is 0 Å². The SMILES string of the molecule is CC(C)(C)OC(=O)N[C@@H]1CN(c2ccc3c(n2)CC[C@H](N)C3)C[C@H]1C(F)F. The number of amides is 1. The number of nitrogens with zero attached hydrogens (tertiary/aromatic N) is 2. The highest BCUT2D eigenvalue weighted by atomic mass is 19.3. The minimum Gasteiger partial charge on any atom is -0.444 e. The number of hydrogen-bond acceptors (Lipinski definition) is 5. The van der Waals surface area contributed by atoms with Gasteiger partial charge < -0.3 is 20.7 Å². The van der Waals surface area contributed by atoms with E-state index in [-0.39, 0.29) is 19.1 Å². The monoisotopic (exact) mass is 382 g/mol. The number of nitrogens with one attached hydrogen (secondary N) is 1. The van der Waals surface area contributed by atoms with E-state index in [1.54, 1.807) is 20.8 Å². The quantitative estimate of drug-likeness (QED) is 0.840. The average Bonchev–Trinajstić information content (AvgIpc) is 2.96. The van der Waals surface area contributed by atoms with Crippen molar-refractivity contribution in [1.29, 1.82) is 0 Å². The molecule has 6 nitrogen and oxygen atoms in total. The summed E-state index contributed by atoms with van der Waals surface area (Å²) in [6.45, 7) is 5.63. The Hall–Kier alpha value is -1.96. The third-order valence-corrected chi connectivity index (χ3v) is 5.00. The van der Waals surface area contributed by atoms with Gasteiger partial charge in [-0.1, -0.05) is 6.07 Å². The molecule has 0 aromatic carbocycles. The molecule has 0 spiro atoms. The summed E-state index contributed by atoms with van der Waals surface area (Å²) in [7, 11) is 0. The van der Waals surface area contributed by atoms with Crippen molar-refractivity contribution in [2.24, 2.45) is 11.7 Å². The first-order chi connectivity index (χ1) is 12.6. The minimum absolute atomic E-state index is 0.142. The fourth-order valence-corrected chi connectivity index (χ4v) is 3.69. The third-order valence-electron chi connectivity index (χ3n) is 5.00. The molecule has 1 aliphatic carbocycles. The predicted octanol–water partition coefficient (Wildman–Crippen LogP) is 2.49. The lowest BCUT2D eigenvalue weighted by Gasteiger charge is -2.24. The number of aromatic nitrogens is 1. The molecule has 1 aliphatic heterocycles. The van der Waals surface area contributed by atoms with Crippen LogP contribution in [0.15, 0.2) is 12.1 Å². The molecule has 1 saturated heterocycles. The van der Waals surface area contributed by atoms with Crippen LogP contribution in [0.5, 0.6) is 0 Å². The standard InChI is InChI=1S/C19H28F2N4O2/c1-19(2,3)27-18(26)24-15-10-25(9-13(15)17(20)21)16-7-4-11-8-12(22)5-6-14(11)23-16/h4,7,12-13,15,17H,5-6,8-10,22H2,1-3H3,(H,24,26)/t12-,13+,15+/m0/s1. The van der Waals surface area contributed by atoms with Crippen LogP contribution in [-0.4, -0.2) is 48.3 Å². The normalized spacial score (nSPS) is 25.4. The second-order valence-electron chi connectivity index (χ2n) is 8.43. The van der Waals surface area contributed by atoms with Gasteiger partial charge in [0.1, 0.15) is 11.4 Å². The largest absolute Gasteiger partial charge is 0.444 e. The second-order valence-corrected chi connectivity index (χ2v) is 8.43. The number of carbonyl (C=O) groups excluding carboxylic acids is 1. The fourth-order valence-electron chi connectivity index (χ4n) is 3.69. The Bertz CT molecular complexity index is 693. The number of alkyl halides is 2. The molecular weight excluding hydrogens is 354 g/mol. The summed E-state index contributed by atoms with van der Waals surface area (Å²) in [5, 5.41) is 2.61. The van der Waals surface area contributed by atoms with Crippen molar-refractivity contribution < 1.29 is 18.3 Å². The Labute approximate surface area is 158 Å². The maximum Gasteiger partial charge on any atom is 0.407 e. The number of ether oxygens (including phenoxy) is 1. The molecule has 3 N–H and O–H groups in total. The molecule has 0 bridgehead atoms. The van der Waals surface area contributed by atoms with Crippen molar-refractivity contribution in [2.75, 3.05) is 18.0 Å². The van der Waals surface area contributed by atoms with Gasteiger partial charge in [0, 0.05) is 24.8 Å². The van der Waals surface area contributed by atoms with Gasteiger partial charge >= 0.3 is 6.09 Å². The maximum absolute atomic E-state index is 13.5. The van der Waals surface area contributed by atoms with Gasteiger partial charge in [0.15, 0.2) is 0 Å². The van der Waals surface area contributed by atoms with Gasteiger partial charge in [-0.3, -0.25) is 0 Å². The number of carbonyl (C=O) groups is 1. The number of pyridine rings is 1. The molecule has 27 heavy (non-hydrogen) atoms. The van der Waals surface area contributed by atoms with Gasteiger partial charge in [-0.05, 0) is 51.7 Å². The highest BCUT2D eigenvalue weighted by Gasteiger charge is 2.40. The number of nitrogens with two attached hydrogens (primary N) is 1. The zero-order chi connectivity index (χ0) is 19.8. The number of rotatable bonds is 3. The van der Waals surface area contributed by atoms with Crippen LogP contribution in [0.3, 0.4) is 0 Å². The van der Waals surface area contributed by atoms with E-state index >= 15 is 0 Å². The molecule has 2 heterocycles.